The van der Waals surface area contributed by atoms with E-state index in [2.05, 4.69) is 0 Å². The number of carbonyl (C=O) groups excluding carboxylic acids is 1. The number of halogens is 3. The molecule has 0 spiro atoms. The fourth-order valence-corrected chi connectivity index (χ4v) is 0.886. The van der Waals surface area contributed by atoms with E-state index in [-0.39, 0.29) is 0 Å². The summed E-state index contributed by atoms with van der Waals surface area (Å²) in [5.41, 5.74) is 0. The van der Waals surface area contributed by atoms with Crippen LogP contribution in [0.25, 0.3) is 0 Å². The van der Waals surface area contributed by atoms with Gasteiger partial charge in [-0.25, -0.2) is 9.59 Å². The molecule has 0 heterocycles. The molecule has 0 saturated carbocycles. The Bertz CT molecular complexity index is 266. The molecule has 0 rings (SSSR count). The molecule has 5 nitrogen and oxygen atoms in total. The van der Waals surface area contributed by atoms with Crippen LogP contribution in [0, 0.1) is 5.92 Å². The molecule has 0 unspecified atom stereocenters. The highest BCUT2D eigenvalue weighted by molar-refractivity contribution is 5.82. The Hall–Kier alpha value is -1.47. The second-order valence-electron chi connectivity index (χ2n) is 3.50. The highest BCUT2D eigenvalue weighted by Gasteiger charge is 2.29. The van der Waals surface area contributed by atoms with Gasteiger partial charge in [0.05, 0.1) is 0 Å². The number of aliphatic carboxylic acids is 1. The van der Waals surface area contributed by atoms with Gasteiger partial charge in [-0.05, 0) is 5.92 Å². The number of carboxylic acid groups (broad SMARTS) is 1. The van der Waals surface area contributed by atoms with Crippen molar-refractivity contribution in [1.82, 2.24) is 10.6 Å². The molecule has 0 aromatic carbocycles. The number of rotatable bonds is 4. The molecule has 0 bridgehead atoms. The highest BCUT2D eigenvalue weighted by Crippen LogP contribution is 2.12. The summed E-state index contributed by atoms with van der Waals surface area (Å²) in [6.45, 7) is 1.56. The van der Waals surface area contributed by atoms with Gasteiger partial charge in [0.1, 0.15) is 12.6 Å². The molecule has 0 aliphatic rings. The molecular weight excluding hydrogens is 229 g/mol. The van der Waals surface area contributed by atoms with Crippen molar-refractivity contribution in [2.45, 2.75) is 26.1 Å². The number of nitrogens with one attached hydrogen (secondary N) is 2. The van der Waals surface area contributed by atoms with Crippen molar-refractivity contribution in [3.63, 3.8) is 0 Å². The van der Waals surface area contributed by atoms with Gasteiger partial charge in [0.25, 0.3) is 0 Å². The average Bonchev–Trinajstić information content (AvgIpc) is 2.08. The van der Waals surface area contributed by atoms with Crippen LogP contribution >= 0.6 is 0 Å². The Morgan fingerprint density at radius 2 is 1.81 bits per heavy atom. The van der Waals surface area contributed by atoms with Gasteiger partial charge in [-0.3, -0.25) is 0 Å². The molecule has 16 heavy (non-hydrogen) atoms. The molecule has 0 aromatic heterocycles. The first kappa shape index (κ1) is 14.5. The van der Waals surface area contributed by atoms with Gasteiger partial charge < -0.3 is 15.7 Å². The minimum absolute atomic E-state index is 0.422. The summed E-state index contributed by atoms with van der Waals surface area (Å²) in [5, 5.41) is 12.1. The molecule has 0 saturated heterocycles. The van der Waals surface area contributed by atoms with Gasteiger partial charge in [0, 0.05) is 0 Å². The topological polar surface area (TPSA) is 78.4 Å². The predicted molar refractivity (Wildman–Crippen MR) is 48.9 cm³/mol. The third-order valence-corrected chi connectivity index (χ3v) is 1.67. The van der Waals surface area contributed by atoms with Gasteiger partial charge in [-0.1, -0.05) is 13.8 Å². The molecule has 8 heteroatoms. The van der Waals surface area contributed by atoms with Gasteiger partial charge in [0.15, 0.2) is 0 Å². The van der Waals surface area contributed by atoms with Crippen LogP contribution in [0.2, 0.25) is 0 Å². The van der Waals surface area contributed by atoms with Crippen molar-refractivity contribution in [3.05, 3.63) is 0 Å². The Labute approximate surface area is 90.0 Å². The fourth-order valence-electron chi connectivity index (χ4n) is 0.886. The van der Waals surface area contributed by atoms with E-state index >= 15 is 0 Å². The second kappa shape index (κ2) is 5.57. The zero-order valence-corrected chi connectivity index (χ0v) is 8.76. The first-order valence-electron chi connectivity index (χ1n) is 4.47. The number of alkyl halides is 3. The largest absolute Gasteiger partial charge is 0.480 e. The summed E-state index contributed by atoms with van der Waals surface area (Å²) >= 11 is 0. The Morgan fingerprint density at radius 3 is 2.12 bits per heavy atom. The van der Waals surface area contributed by atoms with Crippen LogP contribution in [0.3, 0.4) is 0 Å². The van der Waals surface area contributed by atoms with Gasteiger partial charge >= 0.3 is 18.2 Å². The highest BCUT2D eigenvalue weighted by atomic mass is 19.4. The Morgan fingerprint density at radius 1 is 1.31 bits per heavy atom. The van der Waals surface area contributed by atoms with Gasteiger partial charge in [-0.15, -0.1) is 0 Å². The molecule has 0 aliphatic heterocycles. The van der Waals surface area contributed by atoms with Crippen LogP contribution in [0.15, 0.2) is 0 Å². The fraction of sp³-hybridized carbons (Fsp3) is 0.750. The van der Waals surface area contributed by atoms with Gasteiger partial charge in [-0.2, -0.15) is 13.2 Å². The van der Waals surface area contributed by atoms with Crippen LogP contribution in [0.5, 0.6) is 0 Å². The number of carboxylic acids is 1. The van der Waals surface area contributed by atoms with E-state index in [1.807, 2.05) is 5.32 Å². The molecule has 0 aliphatic carbocycles. The number of hydrogen-bond acceptors (Lipinski definition) is 2. The van der Waals surface area contributed by atoms with E-state index in [9.17, 15) is 22.8 Å². The predicted octanol–water partition coefficient (Wildman–Crippen LogP) is 0.957. The molecule has 0 fully saturated rings. The standard InChI is InChI=1S/C8H13F3N2O3/c1-4(2)5(6(14)15)13-7(16)12-3-8(9,10)11/h4-5H,3H2,1-2H3,(H,14,15)(H2,12,13,16)/t5-/m0/s1. The SMILES string of the molecule is CC(C)[C@H](NC(=O)NCC(F)(F)F)C(=O)O. The van der Waals surface area contributed by atoms with Crippen LogP contribution in [-0.2, 0) is 4.79 Å². The van der Waals surface area contributed by atoms with Crippen LogP contribution in [0.1, 0.15) is 13.8 Å². The van der Waals surface area contributed by atoms with Crippen molar-refractivity contribution < 1.29 is 27.9 Å². The summed E-state index contributed by atoms with van der Waals surface area (Å²) in [5.74, 6) is -1.72. The lowest BCUT2D eigenvalue weighted by atomic mass is 10.1. The van der Waals surface area contributed by atoms with Crippen molar-refractivity contribution in [1.29, 1.82) is 0 Å². The van der Waals surface area contributed by atoms with Crippen LogP contribution in [0.4, 0.5) is 18.0 Å². The number of amides is 2. The maximum absolute atomic E-state index is 11.7. The lowest BCUT2D eigenvalue weighted by Gasteiger charge is -2.18. The quantitative estimate of drug-likeness (QED) is 0.687. The number of hydrogen-bond donors (Lipinski definition) is 3. The lowest BCUT2D eigenvalue weighted by Crippen LogP contribution is -2.50. The number of urea groups is 1. The van der Waals surface area contributed by atoms with Crippen molar-refractivity contribution in [2.75, 3.05) is 6.54 Å². The minimum Gasteiger partial charge on any atom is -0.480 e. The summed E-state index contributed by atoms with van der Waals surface area (Å²) in [4.78, 5) is 21.5. The van der Waals surface area contributed by atoms with E-state index in [1.165, 1.54) is 19.2 Å². The van der Waals surface area contributed by atoms with Crippen LogP contribution in [-0.4, -0.2) is 35.9 Å². The molecule has 3 N–H and O–H groups in total. The molecule has 94 valence electrons. The van der Waals surface area contributed by atoms with E-state index < -0.39 is 36.7 Å². The van der Waals surface area contributed by atoms with E-state index in [1.54, 1.807) is 0 Å². The van der Waals surface area contributed by atoms with E-state index in [0.29, 0.717) is 0 Å². The van der Waals surface area contributed by atoms with Gasteiger partial charge in [0.2, 0.25) is 0 Å². The third kappa shape index (κ3) is 6.10. The maximum atomic E-state index is 11.7. The smallest absolute Gasteiger partial charge is 0.405 e. The Kier molecular flexibility index (Phi) is 5.06. The molecule has 0 radical (unpaired) electrons. The molecular formula is C8H13F3N2O3. The van der Waals surface area contributed by atoms with Crippen LogP contribution < -0.4 is 10.6 Å². The van der Waals surface area contributed by atoms with Crippen molar-refractivity contribution >= 4 is 12.0 Å². The Balaban J connectivity index is 4.17. The van der Waals surface area contributed by atoms with E-state index in [4.69, 9.17) is 5.11 Å². The monoisotopic (exact) mass is 242 g/mol. The summed E-state index contributed by atoms with van der Waals surface area (Å²) < 4.78 is 35.1. The molecule has 2 amide bonds. The van der Waals surface area contributed by atoms with Crippen molar-refractivity contribution in [2.24, 2.45) is 5.92 Å². The molecule has 0 aromatic rings. The zero-order chi connectivity index (χ0) is 12.9. The number of carbonyl (C=O) groups is 2. The van der Waals surface area contributed by atoms with Crippen molar-refractivity contribution in [3.8, 4) is 0 Å². The lowest BCUT2D eigenvalue weighted by molar-refractivity contribution is -0.140. The summed E-state index contributed by atoms with van der Waals surface area (Å²) in [6.07, 6.45) is -4.52. The third-order valence-electron chi connectivity index (χ3n) is 1.67. The maximum Gasteiger partial charge on any atom is 0.405 e. The average molecular weight is 242 g/mol. The minimum atomic E-state index is -4.52. The summed E-state index contributed by atoms with van der Waals surface area (Å²) in [7, 11) is 0. The first-order valence-corrected chi connectivity index (χ1v) is 4.47. The second-order valence-corrected chi connectivity index (χ2v) is 3.50. The normalized spacial score (nSPS) is 13.4. The first-order chi connectivity index (χ1) is 7.13. The summed E-state index contributed by atoms with van der Waals surface area (Å²) in [6, 6.07) is -2.37. The molecule has 1 atom stereocenters. The van der Waals surface area contributed by atoms with E-state index in [0.717, 1.165) is 0 Å². The zero-order valence-electron chi connectivity index (χ0n) is 8.76.